The first kappa shape index (κ1) is 13.0. The molecule has 1 aromatic rings. The van der Waals surface area contributed by atoms with Gasteiger partial charge in [-0.25, -0.2) is 4.39 Å². The maximum atomic E-state index is 13.3. The molecule has 0 atom stereocenters. The van der Waals surface area contributed by atoms with E-state index in [4.69, 9.17) is 4.74 Å². The Morgan fingerprint density at radius 2 is 2.24 bits per heavy atom. The van der Waals surface area contributed by atoms with Crippen molar-refractivity contribution < 1.29 is 9.13 Å². The Balaban J connectivity index is 1.83. The SMILES string of the molecule is COC1(CNCc2ccc(Br)c(F)c2)CCC1. The molecule has 0 aliphatic heterocycles. The van der Waals surface area contributed by atoms with E-state index in [1.165, 1.54) is 6.42 Å². The standard InChI is InChI=1S/C13H17BrFNO/c1-17-13(5-2-6-13)9-16-8-10-3-4-11(14)12(15)7-10/h3-4,7,16H,2,5-6,8-9H2,1H3. The van der Waals surface area contributed by atoms with Crippen molar-refractivity contribution in [3.05, 3.63) is 34.1 Å². The molecule has 0 radical (unpaired) electrons. The van der Waals surface area contributed by atoms with E-state index in [0.717, 1.165) is 24.9 Å². The van der Waals surface area contributed by atoms with E-state index in [0.29, 0.717) is 11.0 Å². The van der Waals surface area contributed by atoms with Crippen LogP contribution in [0.15, 0.2) is 22.7 Å². The van der Waals surface area contributed by atoms with Crippen LogP contribution in [0.25, 0.3) is 0 Å². The van der Waals surface area contributed by atoms with Crippen molar-refractivity contribution in [2.45, 2.75) is 31.4 Å². The highest BCUT2D eigenvalue weighted by Crippen LogP contribution is 2.34. The van der Waals surface area contributed by atoms with E-state index < -0.39 is 0 Å². The molecule has 1 saturated carbocycles. The van der Waals surface area contributed by atoms with Gasteiger partial charge in [-0.15, -0.1) is 0 Å². The summed E-state index contributed by atoms with van der Waals surface area (Å²) < 4.78 is 19.3. The number of nitrogens with one attached hydrogen (secondary N) is 1. The lowest BCUT2D eigenvalue weighted by Gasteiger charge is -2.40. The molecular weight excluding hydrogens is 285 g/mol. The summed E-state index contributed by atoms with van der Waals surface area (Å²) >= 11 is 3.15. The Hall–Kier alpha value is -0.450. The van der Waals surface area contributed by atoms with E-state index >= 15 is 0 Å². The molecular formula is C13H17BrFNO. The summed E-state index contributed by atoms with van der Waals surface area (Å²) in [6.07, 6.45) is 3.47. The molecule has 0 aromatic heterocycles. The van der Waals surface area contributed by atoms with Gasteiger partial charge in [-0.3, -0.25) is 0 Å². The third-order valence-electron chi connectivity index (χ3n) is 3.46. The zero-order valence-corrected chi connectivity index (χ0v) is 11.5. The minimum atomic E-state index is -0.214. The lowest BCUT2D eigenvalue weighted by atomic mass is 9.80. The summed E-state index contributed by atoms with van der Waals surface area (Å²) in [5.74, 6) is -0.214. The monoisotopic (exact) mass is 301 g/mol. The van der Waals surface area contributed by atoms with Crippen molar-refractivity contribution in [1.29, 1.82) is 0 Å². The number of halogens is 2. The largest absolute Gasteiger partial charge is 0.377 e. The molecule has 0 spiro atoms. The second-order valence-corrected chi connectivity index (χ2v) is 5.45. The highest BCUT2D eigenvalue weighted by molar-refractivity contribution is 9.10. The quantitative estimate of drug-likeness (QED) is 0.901. The van der Waals surface area contributed by atoms with Gasteiger partial charge >= 0.3 is 0 Å². The van der Waals surface area contributed by atoms with Gasteiger partial charge in [0.25, 0.3) is 0 Å². The van der Waals surface area contributed by atoms with Crippen LogP contribution in [-0.4, -0.2) is 19.3 Å². The van der Waals surface area contributed by atoms with Gasteiger partial charge in [-0.1, -0.05) is 6.07 Å². The zero-order valence-electron chi connectivity index (χ0n) is 9.93. The van der Waals surface area contributed by atoms with Crippen molar-refractivity contribution in [2.24, 2.45) is 0 Å². The highest BCUT2D eigenvalue weighted by atomic mass is 79.9. The van der Waals surface area contributed by atoms with Crippen LogP contribution in [-0.2, 0) is 11.3 Å². The molecule has 94 valence electrons. The fourth-order valence-electron chi connectivity index (χ4n) is 2.11. The van der Waals surface area contributed by atoms with Crippen LogP contribution in [0, 0.1) is 5.82 Å². The Morgan fingerprint density at radius 3 is 2.76 bits per heavy atom. The number of benzene rings is 1. The number of ether oxygens (including phenoxy) is 1. The first-order valence-electron chi connectivity index (χ1n) is 5.85. The summed E-state index contributed by atoms with van der Waals surface area (Å²) in [7, 11) is 1.76. The highest BCUT2D eigenvalue weighted by Gasteiger charge is 2.36. The van der Waals surface area contributed by atoms with E-state index in [9.17, 15) is 4.39 Å². The van der Waals surface area contributed by atoms with Crippen LogP contribution >= 0.6 is 15.9 Å². The van der Waals surface area contributed by atoms with E-state index in [2.05, 4.69) is 21.2 Å². The van der Waals surface area contributed by atoms with Crippen LogP contribution < -0.4 is 5.32 Å². The van der Waals surface area contributed by atoms with E-state index in [1.807, 2.05) is 6.07 Å². The van der Waals surface area contributed by atoms with Gasteiger partial charge in [0.05, 0.1) is 10.1 Å². The molecule has 0 bridgehead atoms. The van der Waals surface area contributed by atoms with E-state index in [-0.39, 0.29) is 11.4 Å². The minimum Gasteiger partial charge on any atom is -0.377 e. The summed E-state index contributed by atoms with van der Waals surface area (Å²) in [5.41, 5.74) is 0.977. The second kappa shape index (κ2) is 5.46. The summed E-state index contributed by atoms with van der Waals surface area (Å²) in [4.78, 5) is 0. The molecule has 0 heterocycles. The third-order valence-corrected chi connectivity index (χ3v) is 4.10. The number of rotatable bonds is 5. The topological polar surface area (TPSA) is 21.3 Å². The average molecular weight is 302 g/mol. The van der Waals surface area contributed by atoms with Crippen molar-refractivity contribution in [3.8, 4) is 0 Å². The van der Waals surface area contributed by atoms with Gasteiger partial charge in [0.2, 0.25) is 0 Å². The van der Waals surface area contributed by atoms with Crippen molar-refractivity contribution in [3.63, 3.8) is 0 Å². The molecule has 0 unspecified atom stereocenters. The van der Waals surface area contributed by atoms with Crippen LogP contribution in [0.3, 0.4) is 0 Å². The third kappa shape index (κ3) is 3.06. The molecule has 0 saturated heterocycles. The molecule has 1 N–H and O–H groups in total. The minimum absolute atomic E-state index is 0.0217. The van der Waals surface area contributed by atoms with Crippen molar-refractivity contribution >= 4 is 15.9 Å². The fourth-order valence-corrected chi connectivity index (χ4v) is 2.36. The lowest BCUT2D eigenvalue weighted by molar-refractivity contribution is -0.0695. The molecule has 4 heteroatoms. The molecule has 0 amide bonds. The van der Waals surface area contributed by atoms with Crippen molar-refractivity contribution in [2.75, 3.05) is 13.7 Å². The van der Waals surface area contributed by atoms with Gasteiger partial charge in [-0.05, 0) is 52.9 Å². The molecule has 17 heavy (non-hydrogen) atoms. The molecule has 2 rings (SSSR count). The molecule has 1 aliphatic carbocycles. The van der Waals surface area contributed by atoms with Gasteiger partial charge in [0, 0.05) is 20.2 Å². The zero-order chi connectivity index (χ0) is 12.3. The molecule has 1 aromatic carbocycles. The maximum absolute atomic E-state index is 13.3. The van der Waals surface area contributed by atoms with Crippen LogP contribution in [0.2, 0.25) is 0 Å². The molecule has 1 aliphatic rings. The Kier molecular flexibility index (Phi) is 4.17. The smallest absolute Gasteiger partial charge is 0.137 e. The Morgan fingerprint density at radius 1 is 1.47 bits per heavy atom. The van der Waals surface area contributed by atoms with Crippen LogP contribution in [0.4, 0.5) is 4.39 Å². The number of hydrogen-bond donors (Lipinski definition) is 1. The first-order valence-corrected chi connectivity index (χ1v) is 6.64. The van der Waals surface area contributed by atoms with Crippen molar-refractivity contribution in [1.82, 2.24) is 5.32 Å². The lowest BCUT2D eigenvalue weighted by Crippen LogP contribution is -2.47. The maximum Gasteiger partial charge on any atom is 0.137 e. The van der Waals surface area contributed by atoms with Crippen LogP contribution in [0.1, 0.15) is 24.8 Å². The summed E-state index contributed by atoms with van der Waals surface area (Å²) in [6.45, 7) is 1.51. The van der Waals surface area contributed by atoms with Gasteiger partial charge in [0.15, 0.2) is 0 Å². The summed E-state index contributed by atoms with van der Waals surface area (Å²) in [5, 5.41) is 3.34. The normalized spacial score (nSPS) is 17.8. The van der Waals surface area contributed by atoms with Gasteiger partial charge in [-0.2, -0.15) is 0 Å². The Labute approximate surface area is 110 Å². The van der Waals surface area contributed by atoms with Gasteiger partial charge < -0.3 is 10.1 Å². The van der Waals surface area contributed by atoms with Gasteiger partial charge in [0.1, 0.15) is 5.82 Å². The molecule has 1 fully saturated rings. The number of hydrogen-bond acceptors (Lipinski definition) is 2. The molecule has 2 nitrogen and oxygen atoms in total. The second-order valence-electron chi connectivity index (χ2n) is 4.59. The predicted molar refractivity (Wildman–Crippen MR) is 69.4 cm³/mol. The average Bonchev–Trinajstić information content (AvgIpc) is 2.27. The summed E-state index contributed by atoms with van der Waals surface area (Å²) in [6, 6.07) is 5.21. The number of methoxy groups -OCH3 is 1. The predicted octanol–water partition coefficient (Wildman–Crippen LogP) is 3.25. The van der Waals surface area contributed by atoms with Crippen LogP contribution in [0.5, 0.6) is 0 Å². The fraction of sp³-hybridized carbons (Fsp3) is 0.538. The Bertz CT molecular complexity index is 387. The van der Waals surface area contributed by atoms with E-state index in [1.54, 1.807) is 19.2 Å². The first-order chi connectivity index (χ1) is 8.15.